The van der Waals surface area contributed by atoms with Crippen LogP contribution in [0.15, 0.2) is 118 Å². The Bertz CT molecular complexity index is 2070. The average molecular weight is 768 g/mol. The highest BCUT2D eigenvalue weighted by atomic mass is 16.5. The van der Waals surface area contributed by atoms with Gasteiger partial charge in [0.2, 0.25) is 0 Å². The predicted octanol–water partition coefficient (Wildman–Crippen LogP) is 15.4. The van der Waals surface area contributed by atoms with Crippen molar-refractivity contribution in [1.29, 1.82) is 0 Å². The highest BCUT2D eigenvalue weighted by molar-refractivity contribution is 6.09. The van der Waals surface area contributed by atoms with Gasteiger partial charge in [-0.1, -0.05) is 151 Å². The Labute approximate surface area is 339 Å². The normalized spacial score (nSPS) is 15.0. The maximum Gasteiger partial charge on any atom is 0.407 e. The van der Waals surface area contributed by atoms with Gasteiger partial charge in [0.25, 0.3) is 0 Å². The Morgan fingerprint density at radius 3 is 1.67 bits per heavy atom. The summed E-state index contributed by atoms with van der Waals surface area (Å²) in [7, 11) is 0. The summed E-state index contributed by atoms with van der Waals surface area (Å²) < 4.78 is 5.59. The van der Waals surface area contributed by atoms with Crippen LogP contribution in [0, 0.1) is 0 Å². The molecule has 0 radical (unpaired) electrons. The molecule has 1 amide bonds. The Morgan fingerprint density at radius 1 is 0.561 bits per heavy atom. The molecule has 5 aromatic rings. The topological polar surface area (TPSA) is 112 Å². The molecule has 6 rings (SSSR count). The summed E-state index contributed by atoms with van der Waals surface area (Å²) in [6.45, 7) is 5.32. The quantitative estimate of drug-likeness (QED) is 0.0454. The van der Waals surface area contributed by atoms with Crippen molar-refractivity contribution in [2.45, 2.75) is 122 Å². The second kappa shape index (κ2) is 21.8. The number of rotatable bonds is 23. The minimum absolute atomic E-state index is 0.291. The second-order valence-corrected chi connectivity index (χ2v) is 15.6. The number of hydrogen-bond donors (Lipinski definition) is 3. The number of ether oxygens (including phenoxy) is 1. The fraction of sp³-hybridized carbons (Fsp3) is 0.438. The molecule has 1 heterocycles. The van der Waals surface area contributed by atoms with E-state index in [1.165, 1.54) is 83.5 Å². The lowest BCUT2D eigenvalue weighted by Gasteiger charge is -2.38. The third kappa shape index (κ3) is 12.3. The summed E-state index contributed by atoms with van der Waals surface area (Å²) in [6, 6.07) is 31.9. The lowest BCUT2D eigenvalue weighted by Crippen LogP contribution is -2.46. The number of hydrogen-bond acceptors (Lipinski definition) is 8. The molecule has 0 saturated heterocycles. The van der Waals surface area contributed by atoms with Gasteiger partial charge in [-0.25, -0.2) is 4.79 Å². The monoisotopic (exact) mass is 767 g/mol. The van der Waals surface area contributed by atoms with Crippen LogP contribution in [-0.2, 0) is 4.74 Å². The van der Waals surface area contributed by atoms with Gasteiger partial charge in [-0.05, 0) is 55.8 Å². The molecule has 3 N–H and O–H groups in total. The zero-order valence-corrected chi connectivity index (χ0v) is 34.1. The number of azo groups is 2. The van der Waals surface area contributed by atoms with Crippen LogP contribution in [0.4, 0.5) is 38.9 Å². The van der Waals surface area contributed by atoms with Crippen molar-refractivity contribution in [2.24, 2.45) is 20.5 Å². The highest BCUT2D eigenvalue weighted by Crippen LogP contribution is 2.43. The number of carbonyl (C=O) groups is 1. The third-order valence-electron chi connectivity index (χ3n) is 10.9. The molecule has 300 valence electrons. The molecule has 0 saturated carbocycles. The molecule has 9 nitrogen and oxygen atoms in total. The Hall–Kier alpha value is -5.31. The molecule has 1 atom stereocenters. The number of nitrogens with one attached hydrogen (secondary N) is 3. The van der Waals surface area contributed by atoms with E-state index < -0.39 is 5.66 Å². The number of fused-ring (bicyclic) bond motifs is 1. The zero-order valence-electron chi connectivity index (χ0n) is 34.1. The summed E-state index contributed by atoms with van der Waals surface area (Å²) in [4.78, 5) is 12.5. The van der Waals surface area contributed by atoms with Crippen LogP contribution in [0.2, 0.25) is 0 Å². The average Bonchev–Trinajstić information content (AvgIpc) is 3.23. The van der Waals surface area contributed by atoms with Gasteiger partial charge in [-0.3, -0.25) is 0 Å². The number of nitrogens with zero attached hydrogens (tertiary/aromatic N) is 4. The number of carbonyl (C=O) groups excluding carboxylic acids is 1. The van der Waals surface area contributed by atoms with Crippen molar-refractivity contribution in [2.75, 3.05) is 23.8 Å². The lowest BCUT2D eigenvalue weighted by molar-refractivity contribution is 0.139. The standard InChI is InChI=1S/C48H61N7O2/c1-3-4-5-6-7-8-9-10-11-12-13-14-15-16-22-35-49-47(56)57-36-34-48(2)50-44-29-23-28-40-43(32-33-45(51-48)46(40)44)55-54-42-31-30-41(38-26-20-21-27-39(38)42)53-52-37-24-18-17-19-25-37/h17-21,23-33,50-51H,3-16,22,34-36H2,1-2H3,(H,49,56). The number of alkyl carbamates (subject to hydrolysis) is 1. The third-order valence-corrected chi connectivity index (χ3v) is 10.9. The van der Waals surface area contributed by atoms with E-state index in [0.29, 0.717) is 19.6 Å². The molecule has 57 heavy (non-hydrogen) atoms. The molecule has 9 heteroatoms. The first kappa shape index (κ1) is 41.3. The molecule has 0 aliphatic carbocycles. The minimum atomic E-state index is -0.503. The van der Waals surface area contributed by atoms with Crippen LogP contribution >= 0.6 is 0 Å². The van der Waals surface area contributed by atoms with Crippen molar-refractivity contribution in [1.82, 2.24) is 5.32 Å². The van der Waals surface area contributed by atoms with E-state index >= 15 is 0 Å². The van der Waals surface area contributed by atoms with E-state index in [1.807, 2.05) is 78.9 Å². The van der Waals surface area contributed by atoms with Crippen molar-refractivity contribution < 1.29 is 9.53 Å². The van der Waals surface area contributed by atoms with E-state index in [4.69, 9.17) is 15.0 Å². The maximum absolute atomic E-state index is 12.5. The Morgan fingerprint density at radius 2 is 1.05 bits per heavy atom. The first-order valence-corrected chi connectivity index (χ1v) is 21.5. The van der Waals surface area contributed by atoms with E-state index in [-0.39, 0.29) is 6.09 Å². The van der Waals surface area contributed by atoms with E-state index in [9.17, 15) is 4.79 Å². The largest absolute Gasteiger partial charge is 0.449 e. The molecular weight excluding hydrogens is 707 g/mol. The fourth-order valence-electron chi connectivity index (χ4n) is 7.68. The van der Waals surface area contributed by atoms with Crippen molar-refractivity contribution in [3.63, 3.8) is 0 Å². The van der Waals surface area contributed by atoms with Crippen molar-refractivity contribution in [3.8, 4) is 0 Å². The van der Waals surface area contributed by atoms with Crippen LogP contribution in [0.5, 0.6) is 0 Å². The number of anilines is 2. The SMILES string of the molecule is CCCCCCCCCCCCCCCCCNC(=O)OCCC1(C)Nc2cccc3c(N=Nc4ccc(N=Nc5ccccc5)c5ccccc45)ccc(c23)N1. The van der Waals surface area contributed by atoms with Crippen LogP contribution in [0.3, 0.4) is 0 Å². The van der Waals surface area contributed by atoms with Crippen LogP contribution in [0.25, 0.3) is 21.5 Å². The van der Waals surface area contributed by atoms with Gasteiger partial charge in [0, 0.05) is 45.9 Å². The first-order valence-electron chi connectivity index (χ1n) is 21.5. The van der Waals surface area contributed by atoms with Crippen LogP contribution < -0.4 is 16.0 Å². The molecule has 5 aromatic carbocycles. The van der Waals surface area contributed by atoms with Gasteiger partial charge in [-0.15, -0.1) is 15.3 Å². The summed E-state index contributed by atoms with van der Waals surface area (Å²) in [5.41, 5.74) is 4.60. The summed E-state index contributed by atoms with van der Waals surface area (Å²) >= 11 is 0. The van der Waals surface area contributed by atoms with Gasteiger partial charge in [0.15, 0.2) is 0 Å². The first-order chi connectivity index (χ1) is 28.0. The Kier molecular flexibility index (Phi) is 15.8. The number of unbranched alkanes of at least 4 members (excludes halogenated alkanes) is 14. The number of amides is 1. The lowest BCUT2D eigenvalue weighted by atomic mass is 9.97. The molecule has 1 aliphatic rings. The molecular formula is C48H61N7O2. The summed E-state index contributed by atoms with van der Waals surface area (Å²) in [6.07, 6.45) is 20.1. The fourth-order valence-corrected chi connectivity index (χ4v) is 7.68. The second-order valence-electron chi connectivity index (χ2n) is 15.6. The van der Waals surface area contributed by atoms with Gasteiger partial charge in [0.1, 0.15) is 5.66 Å². The highest BCUT2D eigenvalue weighted by Gasteiger charge is 2.30. The molecule has 0 spiro atoms. The molecule has 0 bridgehead atoms. The van der Waals surface area contributed by atoms with Gasteiger partial charge >= 0.3 is 6.09 Å². The van der Waals surface area contributed by atoms with Crippen molar-refractivity contribution in [3.05, 3.63) is 97.1 Å². The van der Waals surface area contributed by atoms with E-state index in [1.54, 1.807) is 0 Å². The van der Waals surface area contributed by atoms with Gasteiger partial charge in [-0.2, -0.15) is 5.11 Å². The molecule has 1 aliphatic heterocycles. The minimum Gasteiger partial charge on any atom is -0.449 e. The number of benzene rings is 5. The Balaban J connectivity index is 0.927. The zero-order chi connectivity index (χ0) is 39.5. The maximum atomic E-state index is 12.5. The van der Waals surface area contributed by atoms with E-state index in [0.717, 1.165) is 68.5 Å². The van der Waals surface area contributed by atoms with E-state index in [2.05, 4.69) is 58.2 Å². The molecule has 0 aromatic heterocycles. The smallest absolute Gasteiger partial charge is 0.407 e. The van der Waals surface area contributed by atoms with Gasteiger partial charge < -0.3 is 20.7 Å². The van der Waals surface area contributed by atoms with Crippen LogP contribution in [-0.4, -0.2) is 24.9 Å². The van der Waals surface area contributed by atoms with Crippen molar-refractivity contribution >= 4 is 61.8 Å². The molecule has 0 fully saturated rings. The molecule has 1 unspecified atom stereocenters. The van der Waals surface area contributed by atoms with Gasteiger partial charge in [0.05, 0.1) is 29.4 Å². The summed E-state index contributed by atoms with van der Waals surface area (Å²) in [5, 5.41) is 32.6. The van der Waals surface area contributed by atoms with Crippen LogP contribution in [0.1, 0.15) is 117 Å². The summed E-state index contributed by atoms with van der Waals surface area (Å²) in [5.74, 6) is 0. The predicted molar refractivity (Wildman–Crippen MR) is 237 cm³/mol.